The van der Waals surface area contributed by atoms with Gasteiger partial charge in [-0.1, -0.05) is 63.3 Å². The molecule has 1 aliphatic heterocycles. The molecule has 5 fully saturated rings. The van der Waals surface area contributed by atoms with Crippen molar-refractivity contribution in [3.8, 4) is 0 Å². The van der Waals surface area contributed by atoms with Gasteiger partial charge >= 0.3 is 18.0 Å². The van der Waals surface area contributed by atoms with E-state index in [1.165, 1.54) is 51.4 Å². The lowest BCUT2D eigenvalue weighted by atomic mass is 9.49. The fraction of sp³-hybridized carbons (Fsp3) is 0.821. The number of amides is 1. The lowest BCUT2D eigenvalue weighted by Gasteiger charge is -2.56. The molecule has 1 heterocycles. The Balaban J connectivity index is 1.09. The number of carbonyl (C=O) groups excluding carboxylic acids is 3. The number of rotatable bonds is 22. The highest BCUT2D eigenvalue weighted by molar-refractivity contribution is 5.71. The highest BCUT2D eigenvalue weighted by Crippen LogP contribution is 2.61. The van der Waals surface area contributed by atoms with Crippen LogP contribution in [0, 0.1) is 29.1 Å². The Morgan fingerprint density at radius 3 is 1.91 bits per heavy atom. The zero-order valence-electron chi connectivity index (χ0n) is 29.3. The van der Waals surface area contributed by atoms with E-state index in [1.54, 1.807) is 4.90 Å². The van der Waals surface area contributed by atoms with Crippen LogP contribution in [0.25, 0.3) is 0 Å². The summed E-state index contributed by atoms with van der Waals surface area (Å²) < 4.78 is 22.3. The molecular formula is C39H63NO7. The first kappa shape index (κ1) is 37.5. The van der Waals surface area contributed by atoms with Crippen molar-refractivity contribution in [1.82, 2.24) is 4.90 Å². The van der Waals surface area contributed by atoms with Gasteiger partial charge in [0.05, 0.1) is 25.6 Å². The Kier molecular flexibility index (Phi) is 16.7. The third-order valence-electron chi connectivity index (χ3n) is 10.7. The van der Waals surface area contributed by atoms with Crippen molar-refractivity contribution >= 4 is 18.0 Å². The molecule has 266 valence electrons. The van der Waals surface area contributed by atoms with Crippen molar-refractivity contribution in [2.45, 2.75) is 129 Å². The monoisotopic (exact) mass is 657 g/mol. The molecule has 0 radical (unpaired) electrons. The molecule has 0 N–H and O–H groups in total. The van der Waals surface area contributed by atoms with Crippen LogP contribution in [0.5, 0.6) is 0 Å². The van der Waals surface area contributed by atoms with Crippen LogP contribution in [0.1, 0.15) is 129 Å². The largest absolute Gasteiger partial charge is 0.465 e. The fourth-order valence-corrected chi connectivity index (χ4v) is 8.61. The second-order valence-electron chi connectivity index (χ2n) is 15.0. The summed E-state index contributed by atoms with van der Waals surface area (Å²) in [5.74, 6) is 1.52. The number of morpholine rings is 1. The first-order valence-corrected chi connectivity index (χ1v) is 19.1. The molecule has 8 nitrogen and oxygen atoms in total. The summed E-state index contributed by atoms with van der Waals surface area (Å²) >= 11 is 0. The minimum absolute atomic E-state index is 0.0395. The zero-order chi connectivity index (χ0) is 33.2. The molecule has 1 atom stereocenters. The van der Waals surface area contributed by atoms with Gasteiger partial charge in [0, 0.05) is 19.5 Å². The number of carbonyl (C=O) groups is 3. The predicted octanol–water partition coefficient (Wildman–Crippen LogP) is 8.58. The van der Waals surface area contributed by atoms with E-state index in [4.69, 9.17) is 18.9 Å². The summed E-state index contributed by atoms with van der Waals surface area (Å²) in [5, 5.41) is 0. The topological polar surface area (TPSA) is 91.4 Å². The molecule has 4 aliphatic carbocycles. The number of esters is 2. The molecule has 4 bridgehead atoms. The Hall–Kier alpha value is -2.35. The second-order valence-corrected chi connectivity index (χ2v) is 15.0. The molecule has 5 rings (SSSR count). The third kappa shape index (κ3) is 14.0. The molecule has 1 amide bonds. The van der Waals surface area contributed by atoms with Gasteiger partial charge in [-0.3, -0.25) is 9.59 Å². The van der Waals surface area contributed by atoms with E-state index in [1.807, 2.05) is 0 Å². The van der Waals surface area contributed by atoms with Crippen LogP contribution in [0.2, 0.25) is 0 Å². The molecule has 1 saturated heterocycles. The van der Waals surface area contributed by atoms with Gasteiger partial charge in [0.1, 0.15) is 19.8 Å². The maximum atomic E-state index is 13.1. The standard InChI is InChI=1S/C39H63NO7/c1-2-3-4-5-6-7-8-9-10-11-12-13-14-15-16-17-36(41)45-29-35(31-47-38(43)40-18-20-44-21-19-40)30-46-37(42)28-39-25-32-22-33(26-39)24-34(23-32)27-39/h6-7,9-10,32-35H,2-5,8,11-31H2,1H3/b7-6-,10-9-. The number of allylic oxidation sites excluding steroid dienone is 4. The van der Waals surface area contributed by atoms with Crippen molar-refractivity contribution in [3.05, 3.63) is 24.3 Å². The van der Waals surface area contributed by atoms with Crippen LogP contribution < -0.4 is 0 Å². The summed E-state index contributed by atoms with van der Waals surface area (Å²) in [4.78, 5) is 39.8. The van der Waals surface area contributed by atoms with E-state index < -0.39 is 12.0 Å². The lowest BCUT2D eigenvalue weighted by molar-refractivity contribution is -0.155. The van der Waals surface area contributed by atoms with Crippen molar-refractivity contribution in [2.75, 3.05) is 46.1 Å². The Morgan fingerprint density at radius 2 is 1.28 bits per heavy atom. The van der Waals surface area contributed by atoms with Crippen LogP contribution in [0.15, 0.2) is 24.3 Å². The normalized spacial score (nSPS) is 25.8. The van der Waals surface area contributed by atoms with Gasteiger partial charge in [0.25, 0.3) is 0 Å². The summed E-state index contributed by atoms with van der Waals surface area (Å²) in [6.07, 6.45) is 29.5. The fourth-order valence-electron chi connectivity index (χ4n) is 8.61. The lowest BCUT2D eigenvalue weighted by Crippen LogP contribution is -2.47. The number of hydrogen-bond acceptors (Lipinski definition) is 7. The Morgan fingerprint density at radius 1 is 0.723 bits per heavy atom. The number of ether oxygens (including phenoxy) is 4. The van der Waals surface area contributed by atoms with Gasteiger partial charge < -0.3 is 23.8 Å². The molecule has 0 aromatic heterocycles. The highest BCUT2D eigenvalue weighted by atomic mass is 16.6. The SMILES string of the molecule is CCCCC/C=C\C/C=C\CCCCCCCC(=O)OCC(COC(=O)CC12CC3CC(CC(C3)C1)C2)COC(=O)N1CCOCC1. The van der Waals surface area contributed by atoms with Gasteiger partial charge in [-0.15, -0.1) is 0 Å². The van der Waals surface area contributed by atoms with Crippen molar-refractivity contribution < 1.29 is 33.3 Å². The average molecular weight is 658 g/mol. The molecule has 47 heavy (non-hydrogen) atoms. The first-order valence-electron chi connectivity index (χ1n) is 19.1. The third-order valence-corrected chi connectivity index (χ3v) is 10.7. The quantitative estimate of drug-likeness (QED) is 0.0498. The number of nitrogens with zero attached hydrogens (tertiary/aromatic N) is 1. The van der Waals surface area contributed by atoms with Crippen LogP contribution in [-0.4, -0.2) is 69.1 Å². The van der Waals surface area contributed by atoms with E-state index in [2.05, 4.69) is 31.2 Å². The Bertz CT molecular complexity index is 966. The van der Waals surface area contributed by atoms with Crippen LogP contribution in [0.4, 0.5) is 4.79 Å². The van der Waals surface area contributed by atoms with Gasteiger partial charge in [0.15, 0.2) is 0 Å². The van der Waals surface area contributed by atoms with Crippen LogP contribution in [0.3, 0.4) is 0 Å². The molecule has 1 unspecified atom stereocenters. The van der Waals surface area contributed by atoms with Gasteiger partial charge in [0.2, 0.25) is 0 Å². The zero-order valence-corrected chi connectivity index (χ0v) is 29.3. The van der Waals surface area contributed by atoms with Gasteiger partial charge in [-0.05, 0) is 100 Å². The minimum atomic E-state index is -0.408. The number of unbranched alkanes of at least 4 members (excludes halogenated alkanes) is 8. The first-order chi connectivity index (χ1) is 22.9. The van der Waals surface area contributed by atoms with Gasteiger partial charge in [-0.2, -0.15) is 0 Å². The molecule has 0 aromatic rings. The molecule has 4 saturated carbocycles. The van der Waals surface area contributed by atoms with Crippen LogP contribution >= 0.6 is 0 Å². The average Bonchev–Trinajstić information content (AvgIpc) is 3.05. The molecule has 0 aromatic carbocycles. The summed E-state index contributed by atoms with van der Waals surface area (Å²) in [6.45, 7) is 4.40. The van der Waals surface area contributed by atoms with Crippen LogP contribution in [-0.2, 0) is 28.5 Å². The van der Waals surface area contributed by atoms with Crippen molar-refractivity contribution in [2.24, 2.45) is 29.1 Å². The van der Waals surface area contributed by atoms with Crippen molar-refractivity contribution in [1.29, 1.82) is 0 Å². The van der Waals surface area contributed by atoms with Gasteiger partial charge in [-0.25, -0.2) is 4.79 Å². The highest BCUT2D eigenvalue weighted by Gasteiger charge is 2.51. The summed E-state index contributed by atoms with van der Waals surface area (Å²) in [6, 6.07) is 0. The van der Waals surface area contributed by atoms with E-state index in [-0.39, 0.29) is 37.2 Å². The smallest absolute Gasteiger partial charge is 0.409 e. The van der Waals surface area contributed by atoms with E-state index in [0.29, 0.717) is 39.1 Å². The van der Waals surface area contributed by atoms with E-state index in [9.17, 15) is 14.4 Å². The maximum Gasteiger partial charge on any atom is 0.409 e. The molecule has 0 spiro atoms. The molecule has 8 heteroatoms. The molecular weight excluding hydrogens is 594 g/mol. The summed E-state index contributed by atoms with van der Waals surface area (Å²) in [5.41, 5.74) is 0.109. The summed E-state index contributed by atoms with van der Waals surface area (Å²) in [7, 11) is 0. The number of hydrogen-bond donors (Lipinski definition) is 0. The maximum absolute atomic E-state index is 13.1. The Labute approximate surface area is 284 Å². The van der Waals surface area contributed by atoms with E-state index >= 15 is 0 Å². The minimum Gasteiger partial charge on any atom is -0.465 e. The predicted molar refractivity (Wildman–Crippen MR) is 184 cm³/mol. The second kappa shape index (κ2) is 20.9. The van der Waals surface area contributed by atoms with Crippen molar-refractivity contribution in [3.63, 3.8) is 0 Å². The van der Waals surface area contributed by atoms with E-state index in [0.717, 1.165) is 75.5 Å². The molecule has 5 aliphatic rings.